The summed E-state index contributed by atoms with van der Waals surface area (Å²) in [6.07, 6.45) is 16.5. The molecule has 15 aromatic rings. The van der Waals surface area contributed by atoms with Crippen molar-refractivity contribution in [1.29, 1.82) is 0 Å². The van der Waals surface area contributed by atoms with Gasteiger partial charge in [-0.2, -0.15) is 34.3 Å². The van der Waals surface area contributed by atoms with Gasteiger partial charge in [0.1, 0.15) is 58.8 Å². The number of pyridine rings is 1. The Morgan fingerprint density at radius 2 is 0.700 bits per heavy atom. The molecule has 0 aliphatic heterocycles. The van der Waals surface area contributed by atoms with Crippen molar-refractivity contribution in [2.75, 3.05) is 0 Å². The van der Waals surface area contributed by atoms with E-state index in [1.54, 1.807) is 153 Å². The van der Waals surface area contributed by atoms with Gasteiger partial charge in [0.2, 0.25) is 28.9 Å². The topological polar surface area (TPSA) is 548 Å². The quantitative estimate of drug-likeness (QED) is 0.00991. The number of hydrogen-bond donors (Lipinski definition) is 10. The minimum atomic E-state index is -2.99. The number of fused-ring (bicyclic) bond motifs is 2. The van der Waals surface area contributed by atoms with Crippen LogP contribution in [0.1, 0.15) is 143 Å². The van der Waals surface area contributed by atoms with Gasteiger partial charge < -0.3 is 55.3 Å². The van der Waals surface area contributed by atoms with Crippen molar-refractivity contribution in [3.05, 3.63) is 347 Å². The number of alkyl halides is 4. The van der Waals surface area contributed by atoms with Gasteiger partial charge in [0.05, 0.1) is 39.0 Å². The predicted molar refractivity (Wildman–Crippen MR) is 543 cm³/mol. The summed E-state index contributed by atoms with van der Waals surface area (Å²) in [6.45, 7) is -2.99. The molecule has 0 spiro atoms. The van der Waals surface area contributed by atoms with Crippen LogP contribution in [0.2, 0.25) is 0 Å². The summed E-state index contributed by atoms with van der Waals surface area (Å²) >= 11 is 0. The molecule has 6 aromatic heterocycles. The maximum Gasteiger partial charge on any atom is 0.333 e. The third kappa shape index (κ3) is 29.0. The largest absolute Gasteiger partial charge is 0.363 e. The second-order valence-electron chi connectivity index (χ2n) is 34.6. The predicted octanol–water partition coefficient (Wildman–Crippen LogP) is 10.2. The van der Waals surface area contributed by atoms with Crippen LogP contribution in [0, 0.1) is 18.2 Å². The van der Waals surface area contributed by atoms with Gasteiger partial charge >= 0.3 is 6.55 Å². The molecule has 1 aliphatic rings. The van der Waals surface area contributed by atoms with Gasteiger partial charge in [-0.25, -0.2) is 17.9 Å². The zero-order valence-electron chi connectivity index (χ0n) is 81.1. The minimum Gasteiger partial charge on any atom is -0.363 e. The summed E-state index contributed by atoms with van der Waals surface area (Å²) in [4.78, 5) is 187. The molecular formula is C109H102F5N21O15. The van der Waals surface area contributed by atoms with Gasteiger partial charge in [0, 0.05) is 137 Å². The molecule has 1 aliphatic carbocycles. The van der Waals surface area contributed by atoms with E-state index in [9.17, 15) is 93.9 Å². The number of Topliss-reactive ketones (excluding diaryl/α,β-unsaturated/α-hetero) is 5. The van der Waals surface area contributed by atoms with Crippen molar-refractivity contribution in [1.82, 2.24) is 80.5 Å². The van der Waals surface area contributed by atoms with Crippen molar-refractivity contribution >= 4 is 110 Å². The molecular weight excluding hydrogens is 1940 g/mol. The van der Waals surface area contributed by atoms with Crippen LogP contribution in [-0.4, -0.2) is 172 Å². The Balaban J connectivity index is 0.000000167. The van der Waals surface area contributed by atoms with E-state index >= 15 is 0 Å². The number of nitrogens with zero attached hydrogens (tertiary/aromatic N) is 11. The van der Waals surface area contributed by atoms with Crippen molar-refractivity contribution in [2.24, 2.45) is 56.9 Å². The van der Waals surface area contributed by atoms with Gasteiger partial charge in [0.25, 0.3) is 65.5 Å². The molecule has 6 heterocycles. The zero-order valence-corrected chi connectivity index (χ0v) is 81.1. The number of aromatic nitrogens is 11. The fraction of sp³-hybridized carbons (Fsp3) is 0.202. The molecule has 16 rings (SSSR count). The van der Waals surface area contributed by atoms with Gasteiger partial charge in [0.15, 0.2) is 0 Å². The number of halogens is 5. The number of benzene rings is 9. The number of carbonyl (C=O) groups excluding carboxylic acids is 15. The first-order valence-electron chi connectivity index (χ1n) is 46.6. The van der Waals surface area contributed by atoms with Crippen LogP contribution in [0.15, 0.2) is 280 Å². The molecule has 9 aromatic carbocycles. The maximum absolute atomic E-state index is 14.0. The lowest BCUT2D eigenvalue weighted by Crippen LogP contribution is -2.47. The number of carbonyl (C=O) groups is 15. The van der Waals surface area contributed by atoms with E-state index in [0.717, 1.165) is 70.4 Å². The number of terminal acetylenes is 1. The third-order valence-corrected chi connectivity index (χ3v) is 23.7. The van der Waals surface area contributed by atoms with Crippen LogP contribution in [0.5, 0.6) is 0 Å². The molecule has 5 unspecified atom stereocenters. The van der Waals surface area contributed by atoms with E-state index < -0.39 is 137 Å². The first-order valence-corrected chi connectivity index (χ1v) is 46.6. The molecule has 1 saturated carbocycles. The molecule has 0 saturated heterocycles. The monoisotopic (exact) mass is 2040 g/mol. The van der Waals surface area contributed by atoms with Crippen molar-refractivity contribution in [3.63, 3.8) is 0 Å². The number of primary amides is 5. The van der Waals surface area contributed by atoms with Gasteiger partial charge in [-0.3, -0.25) is 95.6 Å². The molecule has 36 nitrogen and oxygen atoms in total. The summed E-state index contributed by atoms with van der Waals surface area (Å²) in [5.41, 5.74) is 32.4. The molecule has 1 fully saturated rings. The van der Waals surface area contributed by atoms with Crippen molar-refractivity contribution in [2.45, 2.75) is 113 Å². The number of aryl methyl sites for hydroxylation is 4. The lowest BCUT2D eigenvalue weighted by atomic mass is 9.85. The van der Waals surface area contributed by atoms with Crippen LogP contribution < -0.4 is 55.3 Å². The lowest BCUT2D eigenvalue weighted by molar-refractivity contribution is -0.137. The highest BCUT2D eigenvalue weighted by atomic mass is 19.3. The number of rotatable bonds is 36. The number of nitrogens with two attached hydrogens (primary N) is 5. The molecule has 0 bridgehead atoms. The number of nitrogens with one attached hydrogen (secondary N) is 5. The van der Waals surface area contributed by atoms with Crippen LogP contribution >= 0.6 is 0 Å². The van der Waals surface area contributed by atoms with Crippen molar-refractivity contribution in [3.8, 4) is 57.4 Å². The second kappa shape index (κ2) is 51.4. The van der Waals surface area contributed by atoms with Crippen LogP contribution in [0.25, 0.3) is 66.7 Å². The second-order valence-corrected chi connectivity index (χ2v) is 34.6. The Kier molecular flexibility index (Phi) is 37.6. The molecule has 768 valence electrons. The Bertz CT molecular complexity index is 7570. The highest BCUT2D eigenvalue weighted by Crippen LogP contribution is 2.37. The summed E-state index contributed by atoms with van der Waals surface area (Å²) in [5, 5.41) is 36.7. The van der Waals surface area contributed by atoms with Crippen molar-refractivity contribution < 1.29 is 93.9 Å². The van der Waals surface area contributed by atoms with E-state index in [1.165, 1.54) is 64.6 Å². The first kappa shape index (κ1) is 110. The SMILES string of the molecule is C#CCC(NC(=O)c1cn(C)nc1-c1ccccc1F)C(=O)C(N)=O.Cn1cc(C(=O)NC(Cc2ccccc2)C(=O)C(N)=O)c(-c2ccc3ccccc3c2)n1.Cn1cc(C(=O)NC(Cc2ccccc2)C(=O)C(N)=O)c(-c2ccccc2C(F)F)n1.Cn1cc(C(=O)NC(Cc2ccccc2)C(=O)C(N)=O)c(C2CCCCC2)n1.NC(=O)C(=O)C(Cc1ccccc1)NC(=O)c1cn(C(F)F)nc1-c1ccc2cccnc2c1. The van der Waals surface area contributed by atoms with Gasteiger partial charge in [-0.1, -0.05) is 232 Å². The fourth-order valence-electron chi connectivity index (χ4n) is 16.5. The molecule has 41 heteroatoms. The molecule has 0 radical (unpaired) electrons. The summed E-state index contributed by atoms with van der Waals surface area (Å²) in [7, 11) is 6.60. The Morgan fingerprint density at radius 1 is 0.360 bits per heavy atom. The Hall–Kier alpha value is -19.0. The van der Waals surface area contributed by atoms with E-state index in [-0.39, 0.29) is 88.5 Å². The normalized spacial score (nSPS) is 12.5. The summed E-state index contributed by atoms with van der Waals surface area (Å²) in [5.74, 6) is -11.7. The Morgan fingerprint density at radius 3 is 1.13 bits per heavy atom. The molecule has 10 amide bonds. The fourth-order valence-corrected chi connectivity index (χ4v) is 16.5. The highest BCUT2D eigenvalue weighted by Gasteiger charge is 2.36. The average Bonchev–Trinajstić information content (AvgIpc) is 1.65. The van der Waals surface area contributed by atoms with Gasteiger partial charge in [-0.15, -0.1) is 12.3 Å². The standard InChI is InChI=1S/C25H22N4O3.C24H19F2N5O3.C22H20F2N4O3.C21H26N4O3.C17H15FN4O3/c1-29-15-20(22(28-29)19-12-11-17-9-5-6-10-18(17)14-19)25(32)27-21(23(30)24(26)31)13-16-7-3-2-4-8-16;25-24(26)31-13-17(20(30-31)16-9-8-15-7-4-10-28-18(15)12-16)23(34)29-19(21(32)22(27)33)11-14-5-2-1-3-6-14;1-28-12-16(18(27-28)14-9-5-6-10-15(14)20(23)24)22(31)26-17(19(29)21(25)30)11-13-7-3-2-4-8-13;1-25-13-16(18(24-25)15-10-6-3-7-11-15)21(28)23-17(19(26)20(22)27)12-14-8-4-2-5-9-14;1-3-6-13(15(23)16(19)24)20-17(25)11-9-22(2)21-14(11)10-7-4-5-8-12(10)18/h2-12,14-15,21H,13H2,1H3,(H2,26,31)(H,27,32);1-10,12-13,19,24H,11H2,(H2,27,33)(H,29,34);2-10,12,17,20H,11H2,1H3,(H2,25,30)(H,26,31);2,4-5,8-9,13,15,17H,3,6-7,10-12H2,1H3,(H2,22,27)(H,23,28);1,4-5,7-9,13H,6H2,2H3,(H2,19,24)(H,20,25). The number of hydrogen-bond acceptors (Lipinski definition) is 21. The molecule has 150 heavy (non-hydrogen) atoms. The van der Waals surface area contributed by atoms with Crippen LogP contribution in [-0.2, 0) is 102 Å². The Labute approximate surface area is 854 Å². The minimum absolute atomic E-state index is 0.00738. The smallest absolute Gasteiger partial charge is 0.333 e. The average molecular weight is 2040 g/mol. The molecule has 15 N–H and O–H groups in total. The zero-order chi connectivity index (χ0) is 108. The molecule has 5 atom stereocenters. The van der Waals surface area contributed by atoms with E-state index in [0.29, 0.717) is 43.7 Å². The third-order valence-electron chi connectivity index (χ3n) is 23.7. The number of amides is 10. The maximum atomic E-state index is 14.0. The van der Waals surface area contributed by atoms with E-state index in [4.69, 9.17) is 35.1 Å². The van der Waals surface area contributed by atoms with Crippen LogP contribution in [0.4, 0.5) is 22.0 Å². The first-order chi connectivity index (χ1) is 71.8. The van der Waals surface area contributed by atoms with E-state index in [2.05, 4.69) is 63.0 Å². The number of ketones is 5. The highest BCUT2D eigenvalue weighted by molar-refractivity contribution is 6.40. The lowest BCUT2D eigenvalue weighted by Gasteiger charge is -2.21. The summed E-state index contributed by atoms with van der Waals surface area (Å²) in [6, 6.07) is 63.8. The van der Waals surface area contributed by atoms with Crippen LogP contribution in [0.3, 0.4) is 0 Å². The van der Waals surface area contributed by atoms with Gasteiger partial charge in [-0.05, 0) is 76.2 Å². The summed E-state index contributed by atoms with van der Waals surface area (Å²) < 4.78 is 74.0. The van der Waals surface area contributed by atoms with E-state index in [1.807, 2.05) is 109 Å².